The highest BCUT2D eigenvalue weighted by molar-refractivity contribution is 7.15. The number of nitrogens with one attached hydrogen (secondary N) is 1. The number of urea groups is 1. The topological polar surface area (TPSA) is 70.0 Å². The molecular formula is C12H13N5O2S. The Hall–Kier alpha value is -2.09. The highest BCUT2D eigenvalue weighted by Gasteiger charge is 2.36. The molecule has 2 aliphatic rings. The monoisotopic (exact) mass is 291 g/mol. The van der Waals surface area contributed by atoms with Crippen molar-refractivity contribution in [2.24, 2.45) is 0 Å². The number of imidazole rings is 1. The summed E-state index contributed by atoms with van der Waals surface area (Å²) in [6.07, 6.45) is 2.71. The van der Waals surface area contributed by atoms with Crippen molar-refractivity contribution in [1.29, 1.82) is 0 Å². The van der Waals surface area contributed by atoms with Crippen LogP contribution in [0.1, 0.15) is 10.5 Å². The fraction of sp³-hybridized carbons (Fsp3) is 0.417. The van der Waals surface area contributed by atoms with Crippen molar-refractivity contribution in [3.05, 3.63) is 17.3 Å². The van der Waals surface area contributed by atoms with Gasteiger partial charge in [0.15, 0.2) is 17.1 Å². The molecule has 2 saturated heterocycles. The van der Waals surface area contributed by atoms with Gasteiger partial charge in [-0.1, -0.05) is 0 Å². The highest BCUT2D eigenvalue weighted by Crippen LogP contribution is 2.26. The third-order valence-corrected chi connectivity index (χ3v) is 4.68. The van der Waals surface area contributed by atoms with E-state index in [1.807, 2.05) is 20.9 Å². The van der Waals surface area contributed by atoms with Gasteiger partial charge in [-0.15, -0.1) is 11.3 Å². The number of fused-ring (bicyclic) bond motifs is 2. The van der Waals surface area contributed by atoms with Crippen LogP contribution in [0.4, 0.5) is 10.6 Å². The second-order valence-electron chi connectivity index (χ2n) is 4.97. The van der Waals surface area contributed by atoms with Crippen LogP contribution in [0.15, 0.2) is 11.6 Å². The van der Waals surface area contributed by atoms with E-state index in [1.165, 1.54) is 11.3 Å². The molecule has 0 radical (unpaired) electrons. The van der Waals surface area contributed by atoms with Crippen LogP contribution in [0.2, 0.25) is 0 Å². The molecule has 1 unspecified atom stereocenters. The molecular weight excluding hydrogens is 278 g/mol. The lowest BCUT2D eigenvalue weighted by Gasteiger charge is -2.36. The minimum Gasteiger partial charge on any atom is -0.351 e. The van der Waals surface area contributed by atoms with Gasteiger partial charge in [-0.25, -0.2) is 9.78 Å². The number of aldehydes is 1. The smallest absolute Gasteiger partial charge is 0.317 e. The number of hydrogen-bond donors (Lipinski definition) is 1. The summed E-state index contributed by atoms with van der Waals surface area (Å²) < 4.78 is 1.82. The SMILES string of the molecule is O=Cc1c(N2CCN3C(=O)NCC3C2)nc2sccn12. The molecule has 0 spiro atoms. The van der Waals surface area contributed by atoms with Crippen molar-refractivity contribution in [3.8, 4) is 0 Å². The first-order valence-electron chi connectivity index (χ1n) is 6.48. The lowest BCUT2D eigenvalue weighted by molar-refractivity contribution is 0.111. The maximum absolute atomic E-state index is 11.6. The summed E-state index contributed by atoms with van der Waals surface area (Å²) in [5, 5.41) is 4.76. The molecule has 0 aromatic carbocycles. The van der Waals surface area contributed by atoms with Gasteiger partial charge in [-0.2, -0.15) is 0 Å². The van der Waals surface area contributed by atoms with Crippen LogP contribution in [0.5, 0.6) is 0 Å². The van der Waals surface area contributed by atoms with Crippen molar-refractivity contribution in [1.82, 2.24) is 19.6 Å². The van der Waals surface area contributed by atoms with Crippen LogP contribution < -0.4 is 10.2 Å². The third-order valence-electron chi connectivity index (χ3n) is 3.92. The predicted molar refractivity (Wildman–Crippen MR) is 74.6 cm³/mol. The van der Waals surface area contributed by atoms with Crippen molar-refractivity contribution in [2.75, 3.05) is 31.1 Å². The molecule has 7 nitrogen and oxygen atoms in total. The van der Waals surface area contributed by atoms with Crippen LogP contribution in [-0.4, -0.2) is 58.8 Å². The van der Waals surface area contributed by atoms with Gasteiger partial charge in [0.25, 0.3) is 0 Å². The van der Waals surface area contributed by atoms with Crippen LogP contribution in [0.3, 0.4) is 0 Å². The summed E-state index contributed by atoms with van der Waals surface area (Å²) in [5.41, 5.74) is 0.590. The maximum Gasteiger partial charge on any atom is 0.317 e. The van der Waals surface area contributed by atoms with Gasteiger partial charge < -0.3 is 15.1 Å². The molecule has 2 amide bonds. The minimum absolute atomic E-state index is 0.0103. The van der Waals surface area contributed by atoms with Crippen LogP contribution in [0.25, 0.3) is 4.96 Å². The summed E-state index contributed by atoms with van der Waals surface area (Å²) in [6, 6.07) is 0.173. The second kappa shape index (κ2) is 4.20. The fourth-order valence-corrected chi connectivity index (χ4v) is 3.65. The number of anilines is 1. The number of carbonyl (C=O) groups is 2. The first kappa shape index (κ1) is 11.7. The van der Waals surface area contributed by atoms with E-state index in [0.717, 1.165) is 17.1 Å². The molecule has 8 heteroatoms. The van der Waals surface area contributed by atoms with Crippen molar-refractivity contribution in [3.63, 3.8) is 0 Å². The predicted octanol–water partition coefficient (Wildman–Crippen LogP) is 0.422. The number of piperazine rings is 1. The molecule has 0 bridgehead atoms. The normalized spacial score (nSPS) is 22.2. The lowest BCUT2D eigenvalue weighted by atomic mass is 10.2. The summed E-state index contributed by atoms with van der Waals surface area (Å²) in [5.74, 6) is 0.728. The van der Waals surface area contributed by atoms with Crippen molar-refractivity contribution >= 4 is 34.4 Å². The second-order valence-corrected chi connectivity index (χ2v) is 5.85. The van der Waals surface area contributed by atoms with E-state index >= 15 is 0 Å². The standard InChI is InChI=1S/C12H13N5O2S/c18-7-9-10(14-12-17(9)3-4-20-12)15-1-2-16-8(6-15)5-13-11(16)19/h3-4,7-8H,1-2,5-6H2,(H,13,19). The van der Waals surface area contributed by atoms with Gasteiger partial charge in [-0.3, -0.25) is 9.20 Å². The van der Waals surface area contributed by atoms with E-state index in [9.17, 15) is 9.59 Å². The molecule has 2 aliphatic heterocycles. The van der Waals surface area contributed by atoms with Crippen molar-refractivity contribution in [2.45, 2.75) is 6.04 Å². The zero-order valence-corrected chi connectivity index (χ0v) is 11.5. The zero-order valence-electron chi connectivity index (χ0n) is 10.7. The van der Waals surface area contributed by atoms with Crippen molar-refractivity contribution < 1.29 is 9.59 Å². The summed E-state index contributed by atoms with van der Waals surface area (Å²) in [7, 11) is 0. The van der Waals surface area contributed by atoms with Gasteiger partial charge in [0, 0.05) is 37.8 Å². The molecule has 4 rings (SSSR count). The van der Waals surface area contributed by atoms with E-state index in [2.05, 4.69) is 15.2 Å². The van der Waals surface area contributed by atoms with E-state index in [4.69, 9.17) is 0 Å². The molecule has 0 saturated carbocycles. The molecule has 1 atom stereocenters. The number of thiazole rings is 1. The quantitative estimate of drug-likeness (QED) is 0.814. The van der Waals surface area contributed by atoms with E-state index in [-0.39, 0.29) is 12.1 Å². The lowest BCUT2D eigenvalue weighted by Crippen LogP contribution is -2.52. The van der Waals surface area contributed by atoms with E-state index in [0.29, 0.717) is 31.9 Å². The fourth-order valence-electron chi connectivity index (χ4n) is 2.93. The first-order valence-corrected chi connectivity index (χ1v) is 7.36. The summed E-state index contributed by atoms with van der Waals surface area (Å²) in [6.45, 7) is 2.74. The number of carbonyl (C=O) groups excluding carboxylic acids is 2. The number of hydrogen-bond acceptors (Lipinski definition) is 5. The van der Waals surface area contributed by atoms with E-state index < -0.39 is 0 Å². The Morgan fingerprint density at radius 3 is 3.20 bits per heavy atom. The molecule has 20 heavy (non-hydrogen) atoms. The Balaban J connectivity index is 1.68. The number of nitrogens with zero attached hydrogens (tertiary/aromatic N) is 4. The highest BCUT2D eigenvalue weighted by atomic mass is 32.1. The molecule has 0 aliphatic carbocycles. The van der Waals surface area contributed by atoms with Gasteiger partial charge in [0.2, 0.25) is 0 Å². The van der Waals surface area contributed by atoms with Gasteiger partial charge in [0.1, 0.15) is 5.69 Å². The Bertz CT molecular complexity index is 693. The van der Waals surface area contributed by atoms with Gasteiger partial charge >= 0.3 is 6.03 Å². The van der Waals surface area contributed by atoms with Crippen LogP contribution >= 0.6 is 11.3 Å². The molecule has 2 aromatic heterocycles. The molecule has 2 fully saturated rings. The van der Waals surface area contributed by atoms with Gasteiger partial charge in [0.05, 0.1) is 6.04 Å². The summed E-state index contributed by atoms with van der Waals surface area (Å²) in [4.78, 5) is 32.3. The first-order chi connectivity index (χ1) is 9.78. The maximum atomic E-state index is 11.6. The number of amides is 2. The van der Waals surface area contributed by atoms with Gasteiger partial charge in [-0.05, 0) is 0 Å². The molecule has 2 aromatic rings. The molecule has 1 N–H and O–H groups in total. The Morgan fingerprint density at radius 1 is 1.45 bits per heavy atom. The summed E-state index contributed by atoms with van der Waals surface area (Å²) >= 11 is 1.51. The molecule has 4 heterocycles. The largest absolute Gasteiger partial charge is 0.351 e. The van der Waals surface area contributed by atoms with Crippen LogP contribution in [-0.2, 0) is 0 Å². The van der Waals surface area contributed by atoms with E-state index in [1.54, 1.807) is 0 Å². The Morgan fingerprint density at radius 2 is 2.35 bits per heavy atom. The number of aromatic nitrogens is 2. The molecule has 104 valence electrons. The average molecular weight is 291 g/mol. The Labute approximate surface area is 118 Å². The Kier molecular flexibility index (Phi) is 2.46. The average Bonchev–Trinajstić information content (AvgIpc) is 3.12. The zero-order chi connectivity index (χ0) is 13.7. The minimum atomic E-state index is 0.0103. The van der Waals surface area contributed by atoms with Crippen LogP contribution in [0, 0.1) is 0 Å². The number of rotatable bonds is 2. The third kappa shape index (κ3) is 1.54.